The number of nitriles is 1. The summed E-state index contributed by atoms with van der Waals surface area (Å²) < 4.78 is 5.98. The van der Waals surface area contributed by atoms with Gasteiger partial charge < -0.3 is 25.5 Å². The molecule has 2 aliphatic rings. The van der Waals surface area contributed by atoms with Gasteiger partial charge in [-0.25, -0.2) is 0 Å². The summed E-state index contributed by atoms with van der Waals surface area (Å²) in [5, 5.41) is 21.9. The van der Waals surface area contributed by atoms with Gasteiger partial charge in [0.1, 0.15) is 11.8 Å². The second-order valence-corrected chi connectivity index (χ2v) is 7.65. The van der Waals surface area contributed by atoms with Gasteiger partial charge in [-0.2, -0.15) is 5.26 Å². The Bertz CT molecular complexity index is 753. The third-order valence-corrected chi connectivity index (χ3v) is 5.52. The summed E-state index contributed by atoms with van der Waals surface area (Å²) >= 11 is 0. The van der Waals surface area contributed by atoms with Crippen molar-refractivity contribution in [1.82, 2.24) is 15.6 Å². The van der Waals surface area contributed by atoms with E-state index in [9.17, 15) is 9.59 Å². The predicted octanol–water partition coefficient (Wildman–Crippen LogP) is 1.95. The van der Waals surface area contributed by atoms with Crippen molar-refractivity contribution in [2.45, 2.75) is 70.1 Å². The SMILES string of the molecule is CCCO[C@@H]1C[C@@H](C(=O)NC2CCC2)CC[C@H]1NC(=O)c1cc(C#N)c[nH]1.O=CO. The first kappa shape index (κ1) is 23.4. The normalized spacial score (nSPS) is 23.1. The standard InChI is InChI=1S/C20H28N4O3.CH2O2/c1-2-8-27-18-10-14(19(25)23-15-4-3-5-15)6-7-16(18)24-20(26)17-9-13(11-21)12-22-17;2-1-3/h9,12,14-16,18,22H,2-8,10H2,1H3,(H,23,25)(H,24,26);1H,(H,2,3)/t14-,16+,18+;/m0./s1. The van der Waals surface area contributed by atoms with Gasteiger partial charge in [0.15, 0.2) is 0 Å². The number of hydrogen-bond donors (Lipinski definition) is 4. The van der Waals surface area contributed by atoms with E-state index in [1.165, 1.54) is 18.7 Å². The van der Waals surface area contributed by atoms with E-state index in [0.717, 1.165) is 25.7 Å². The van der Waals surface area contributed by atoms with Crippen LogP contribution in [0.15, 0.2) is 12.3 Å². The third-order valence-electron chi connectivity index (χ3n) is 5.52. The zero-order valence-corrected chi connectivity index (χ0v) is 17.2. The number of nitrogens with one attached hydrogen (secondary N) is 3. The minimum atomic E-state index is -0.250. The molecule has 9 heteroatoms. The van der Waals surface area contributed by atoms with E-state index in [4.69, 9.17) is 19.9 Å². The molecule has 9 nitrogen and oxygen atoms in total. The zero-order valence-electron chi connectivity index (χ0n) is 17.2. The van der Waals surface area contributed by atoms with Gasteiger partial charge in [-0.1, -0.05) is 6.92 Å². The Morgan fingerprint density at radius 3 is 2.63 bits per heavy atom. The number of carboxylic acid groups (broad SMARTS) is 1. The molecule has 3 rings (SSSR count). The van der Waals surface area contributed by atoms with Crippen LogP contribution in [0.1, 0.15) is 67.9 Å². The molecule has 0 unspecified atom stereocenters. The lowest BCUT2D eigenvalue weighted by molar-refractivity contribution is -0.129. The van der Waals surface area contributed by atoms with Crippen LogP contribution in [0.25, 0.3) is 0 Å². The molecule has 0 spiro atoms. The number of hydrogen-bond acceptors (Lipinski definition) is 5. The maximum atomic E-state index is 12.5. The monoisotopic (exact) mass is 418 g/mol. The highest BCUT2D eigenvalue weighted by Gasteiger charge is 2.36. The minimum absolute atomic E-state index is 0.0590. The molecular weight excluding hydrogens is 388 g/mol. The summed E-state index contributed by atoms with van der Waals surface area (Å²) in [6.07, 6.45) is 7.64. The number of aromatic amines is 1. The lowest BCUT2D eigenvalue weighted by atomic mass is 9.82. The van der Waals surface area contributed by atoms with Gasteiger partial charge in [0.05, 0.1) is 17.7 Å². The van der Waals surface area contributed by atoms with Gasteiger partial charge >= 0.3 is 0 Å². The van der Waals surface area contributed by atoms with Gasteiger partial charge in [0, 0.05) is 24.8 Å². The molecule has 0 saturated heterocycles. The molecule has 0 bridgehead atoms. The molecule has 4 N–H and O–H groups in total. The molecule has 0 radical (unpaired) electrons. The molecule has 164 valence electrons. The molecule has 1 aromatic heterocycles. The largest absolute Gasteiger partial charge is 0.483 e. The van der Waals surface area contributed by atoms with Crippen LogP contribution in [-0.4, -0.2) is 53.2 Å². The number of carbonyl (C=O) groups excluding carboxylic acids is 2. The highest BCUT2D eigenvalue weighted by Crippen LogP contribution is 2.29. The average molecular weight is 418 g/mol. The maximum absolute atomic E-state index is 12.5. The van der Waals surface area contributed by atoms with Crippen LogP contribution in [0.3, 0.4) is 0 Å². The van der Waals surface area contributed by atoms with E-state index < -0.39 is 0 Å². The van der Waals surface area contributed by atoms with E-state index in [0.29, 0.717) is 36.7 Å². The molecule has 1 heterocycles. The molecule has 2 amide bonds. The molecule has 0 aliphatic heterocycles. The first-order chi connectivity index (χ1) is 14.5. The maximum Gasteiger partial charge on any atom is 0.290 e. The number of ether oxygens (including phenoxy) is 1. The summed E-state index contributed by atoms with van der Waals surface area (Å²) in [5.41, 5.74) is 0.793. The topological polar surface area (TPSA) is 144 Å². The summed E-state index contributed by atoms with van der Waals surface area (Å²) in [6, 6.07) is 3.75. The third kappa shape index (κ3) is 6.59. The van der Waals surface area contributed by atoms with Crippen LogP contribution in [0.2, 0.25) is 0 Å². The van der Waals surface area contributed by atoms with Gasteiger partial charge in [-0.05, 0) is 51.0 Å². The number of amides is 2. The van der Waals surface area contributed by atoms with Crippen LogP contribution in [-0.2, 0) is 14.3 Å². The van der Waals surface area contributed by atoms with Crippen molar-refractivity contribution < 1.29 is 24.2 Å². The fourth-order valence-electron chi connectivity index (χ4n) is 3.69. The van der Waals surface area contributed by atoms with Crippen LogP contribution in [0.5, 0.6) is 0 Å². The molecule has 30 heavy (non-hydrogen) atoms. The zero-order chi connectivity index (χ0) is 21.9. The summed E-state index contributed by atoms with van der Waals surface area (Å²) in [6.45, 7) is 2.40. The number of rotatable bonds is 7. The summed E-state index contributed by atoms with van der Waals surface area (Å²) in [4.78, 5) is 36.2. The second kappa shape index (κ2) is 12.0. The molecule has 2 aliphatic carbocycles. The van der Waals surface area contributed by atoms with E-state index in [2.05, 4.69) is 15.6 Å². The molecule has 1 aromatic rings. The summed E-state index contributed by atoms with van der Waals surface area (Å²) in [7, 11) is 0. The Balaban J connectivity index is 0.00000101. The highest BCUT2D eigenvalue weighted by atomic mass is 16.5. The Hall–Kier alpha value is -2.86. The van der Waals surface area contributed by atoms with Gasteiger partial charge in [-0.3, -0.25) is 14.4 Å². The first-order valence-corrected chi connectivity index (χ1v) is 10.4. The Kier molecular flexibility index (Phi) is 9.35. The Morgan fingerprint density at radius 2 is 2.07 bits per heavy atom. The Morgan fingerprint density at radius 1 is 1.33 bits per heavy atom. The molecule has 2 fully saturated rings. The predicted molar refractivity (Wildman–Crippen MR) is 109 cm³/mol. The Labute approximate surface area is 176 Å². The van der Waals surface area contributed by atoms with Crippen molar-refractivity contribution >= 4 is 18.3 Å². The number of carbonyl (C=O) groups is 3. The van der Waals surface area contributed by atoms with E-state index in [1.807, 2.05) is 13.0 Å². The number of nitrogens with zero attached hydrogens (tertiary/aromatic N) is 1. The van der Waals surface area contributed by atoms with Crippen molar-refractivity contribution in [3.05, 3.63) is 23.5 Å². The fourth-order valence-corrected chi connectivity index (χ4v) is 3.69. The second-order valence-electron chi connectivity index (χ2n) is 7.65. The summed E-state index contributed by atoms with van der Waals surface area (Å²) in [5.74, 6) is -0.183. The highest BCUT2D eigenvalue weighted by molar-refractivity contribution is 5.93. The van der Waals surface area contributed by atoms with Crippen LogP contribution >= 0.6 is 0 Å². The van der Waals surface area contributed by atoms with Crippen molar-refractivity contribution in [3.8, 4) is 6.07 Å². The van der Waals surface area contributed by atoms with Crippen LogP contribution in [0, 0.1) is 17.2 Å². The van der Waals surface area contributed by atoms with Gasteiger partial charge in [0.25, 0.3) is 12.4 Å². The van der Waals surface area contributed by atoms with Crippen molar-refractivity contribution in [2.75, 3.05) is 6.61 Å². The molecular formula is C21H30N4O5. The lowest BCUT2D eigenvalue weighted by Crippen LogP contribution is -2.51. The van der Waals surface area contributed by atoms with E-state index >= 15 is 0 Å². The smallest absolute Gasteiger partial charge is 0.290 e. The number of H-pyrrole nitrogens is 1. The quantitative estimate of drug-likeness (QED) is 0.498. The van der Waals surface area contributed by atoms with Gasteiger partial charge in [0.2, 0.25) is 5.91 Å². The van der Waals surface area contributed by atoms with E-state index in [-0.39, 0.29) is 36.4 Å². The molecule has 2 saturated carbocycles. The molecule has 3 atom stereocenters. The van der Waals surface area contributed by atoms with Crippen molar-refractivity contribution in [1.29, 1.82) is 5.26 Å². The van der Waals surface area contributed by atoms with Crippen LogP contribution < -0.4 is 10.6 Å². The first-order valence-electron chi connectivity index (χ1n) is 10.4. The number of aromatic nitrogens is 1. The average Bonchev–Trinajstić information content (AvgIpc) is 3.20. The fraction of sp³-hybridized carbons (Fsp3) is 0.619. The van der Waals surface area contributed by atoms with Crippen LogP contribution in [0.4, 0.5) is 0 Å². The minimum Gasteiger partial charge on any atom is -0.483 e. The van der Waals surface area contributed by atoms with Crippen molar-refractivity contribution in [3.63, 3.8) is 0 Å². The lowest BCUT2D eigenvalue weighted by Gasteiger charge is -2.37. The molecule has 0 aromatic carbocycles. The van der Waals surface area contributed by atoms with Crippen molar-refractivity contribution in [2.24, 2.45) is 5.92 Å². The van der Waals surface area contributed by atoms with Gasteiger partial charge in [-0.15, -0.1) is 0 Å². The van der Waals surface area contributed by atoms with E-state index in [1.54, 1.807) is 0 Å².